The molecule has 0 amide bonds. The summed E-state index contributed by atoms with van der Waals surface area (Å²) < 4.78 is 22.7. The van der Waals surface area contributed by atoms with Crippen LogP contribution in [0.25, 0.3) is 0 Å². The molecule has 1 aromatic carbocycles. The summed E-state index contributed by atoms with van der Waals surface area (Å²) >= 11 is 1.30. The van der Waals surface area contributed by atoms with Crippen molar-refractivity contribution < 1.29 is 8.42 Å². The predicted molar refractivity (Wildman–Crippen MR) is 63.6 cm³/mol. The van der Waals surface area contributed by atoms with E-state index in [-0.39, 0.29) is 5.75 Å². The van der Waals surface area contributed by atoms with Crippen molar-refractivity contribution in [3.8, 4) is 0 Å². The van der Waals surface area contributed by atoms with E-state index < -0.39 is 14.5 Å². The fourth-order valence-electron chi connectivity index (χ4n) is 1.34. The average Bonchev–Trinajstić information content (AvgIpc) is 2.61. The van der Waals surface area contributed by atoms with Gasteiger partial charge in [-0.1, -0.05) is 18.7 Å². The molecule has 1 aliphatic rings. The Hall–Kier alpha value is -0.880. The molecule has 0 bridgehead atoms. The van der Waals surface area contributed by atoms with E-state index in [2.05, 4.69) is 5.32 Å². The third-order valence-corrected chi connectivity index (χ3v) is 5.91. The number of nitrogen functional groups attached to an aromatic ring is 1. The highest BCUT2D eigenvalue weighted by Crippen LogP contribution is 2.41. The molecule has 1 heterocycles. The quantitative estimate of drug-likeness (QED) is 0.771. The smallest absolute Gasteiger partial charge is 0.181 e. The van der Waals surface area contributed by atoms with Gasteiger partial charge < -0.3 is 11.1 Å². The zero-order valence-corrected chi connectivity index (χ0v) is 9.86. The average molecular weight is 244 g/mol. The third kappa shape index (κ3) is 1.91. The first-order valence-electron chi connectivity index (χ1n) is 4.57. The molecular formula is C9H12N2O2S2. The van der Waals surface area contributed by atoms with Crippen LogP contribution in [0, 0.1) is 0 Å². The summed E-state index contributed by atoms with van der Waals surface area (Å²) in [4.78, 5) is 0.900. The van der Waals surface area contributed by atoms with Gasteiger partial charge in [0.25, 0.3) is 0 Å². The number of benzene rings is 1. The minimum atomic E-state index is -3.07. The van der Waals surface area contributed by atoms with Crippen molar-refractivity contribution in [1.29, 1.82) is 0 Å². The van der Waals surface area contributed by atoms with Crippen LogP contribution >= 0.6 is 11.8 Å². The SMILES string of the molecule is CCS(=O)(=O)C1Nc2ccc(N)cc2S1. The summed E-state index contributed by atoms with van der Waals surface area (Å²) in [5, 5.41) is 2.97. The highest BCUT2D eigenvalue weighted by molar-refractivity contribution is 8.14. The van der Waals surface area contributed by atoms with Crippen LogP contribution in [0.2, 0.25) is 0 Å². The van der Waals surface area contributed by atoms with Gasteiger partial charge in [-0.05, 0) is 18.2 Å². The maximum absolute atomic E-state index is 11.6. The molecule has 0 radical (unpaired) electrons. The molecule has 4 nitrogen and oxygen atoms in total. The zero-order valence-electron chi connectivity index (χ0n) is 8.23. The van der Waals surface area contributed by atoms with Crippen LogP contribution in [0.3, 0.4) is 0 Å². The molecule has 0 spiro atoms. The molecule has 82 valence electrons. The third-order valence-electron chi connectivity index (χ3n) is 2.24. The van der Waals surface area contributed by atoms with Gasteiger partial charge >= 0.3 is 0 Å². The van der Waals surface area contributed by atoms with Crippen molar-refractivity contribution in [2.24, 2.45) is 0 Å². The molecule has 15 heavy (non-hydrogen) atoms. The van der Waals surface area contributed by atoms with E-state index >= 15 is 0 Å². The van der Waals surface area contributed by atoms with Crippen LogP contribution in [-0.2, 0) is 9.84 Å². The number of thioether (sulfide) groups is 1. The second kappa shape index (κ2) is 3.61. The Kier molecular flexibility index (Phi) is 2.56. The van der Waals surface area contributed by atoms with Gasteiger partial charge in [0.2, 0.25) is 0 Å². The van der Waals surface area contributed by atoms with Gasteiger partial charge in [-0.3, -0.25) is 0 Å². The Bertz CT molecular complexity index is 485. The molecule has 2 rings (SSSR count). The van der Waals surface area contributed by atoms with Gasteiger partial charge in [0, 0.05) is 16.3 Å². The normalized spacial score (nSPS) is 19.7. The molecule has 0 aromatic heterocycles. The van der Waals surface area contributed by atoms with Gasteiger partial charge in [-0.2, -0.15) is 0 Å². The first-order valence-corrected chi connectivity index (χ1v) is 7.17. The molecule has 0 fully saturated rings. The van der Waals surface area contributed by atoms with Crippen molar-refractivity contribution in [2.45, 2.75) is 16.5 Å². The van der Waals surface area contributed by atoms with E-state index in [0.29, 0.717) is 5.69 Å². The summed E-state index contributed by atoms with van der Waals surface area (Å²) in [6.07, 6.45) is 0. The highest BCUT2D eigenvalue weighted by Gasteiger charge is 2.31. The Balaban J connectivity index is 2.30. The fourth-order valence-corrected chi connectivity index (χ4v) is 4.13. The van der Waals surface area contributed by atoms with Crippen LogP contribution in [-0.4, -0.2) is 18.9 Å². The van der Waals surface area contributed by atoms with Crippen molar-refractivity contribution in [1.82, 2.24) is 0 Å². The number of sulfone groups is 1. The molecular weight excluding hydrogens is 232 g/mol. The standard InChI is InChI=1S/C9H12N2O2S2/c1-2-15(12,13)9-11-7-4-3-6(10)5-8(7)14-9/h3-5,9,11H,2,10H2,1H3. The molecule has 1 aliphatic heterocycles. The van der Waals surface area contributed by atoms with Gasteiger partial charge in [0.15, 0.2) is 14.5 Å². The van der Waals surface area contributed by atoms with Crippen LogP contribution in [0.5, 0.6) is 0 Å². The van der Waals surface area contributed by atoms with Gasteiger partial charge in [-0.15, -0.1) is 0 Å². The fraction of sp³-hybridized carbons (Fsp3) is 0.333. The predicted octanol–water partition coefficient (Wildman–Crippen LogP) is 1.50. The number of fused-ring (bicyclic) bond motifs is 1. The Morgan fingerprint density at radius 3 is 2.93 bits per heavy atom. The lowest BCUT2D eigenvalue weighted by Gasteiger charge is -2.09. The van der Waals surface area contributed by atoms with Gasteiger partial charge in [0.1, 0.15) is 0 Å². The highest BCUT2D eigenvalue weighted by atomic mass is 32.3. The van der Waals surface area contributed by atoms with Crippen LogP contribution < -0.4 is 11.1 Å². The van der Waals surface area contributed by atoms with Crippen LogP contribution in [0.1, 0.15) is 6.92 Å². The number of nitrogens with two attached hydrogens (primary N) is 1. The van der Waals surface area contributed by atoms with Gasteiger partial charge in [-0.25, -0.2) is 8.42 Å². The number of hydrogen-bond donors (Lipinski definition) is 2. The maximum atomic E-state index is 11.6. The first-order chi connectivity index (χ1) is 7.03. The van der Waals surface area contributed by atoms with Crippen molar-refractivity contribution in [3.05, 3.63) is 18.2 Å². The zero-order chi connectivity index (χ0) is 11.1. The molecule has 1 aromatic rings. The molecule has 3 N–H and O–H groups in total. The molecule has 1 unspecified atom stereocenters. The van der Waals surface area contributed by atoms with Gasteiger partial charge in [0.05, 0.1) is 5.75 Å². The van der Waals surface area contributed by atoms with E-state index in [9.17, 15) is 8.42 Å². The van der Waals surface area contributed by atoms with Crippen LogP contribution in [0.15, 0.2) is 23.1 Å². The summed E-state index contributed by atoms with van der Waals surface area (Å²) in [7, 11) is -3.07. The molecule has 1 atom stereocenters. The summed E-state index contributed by atoms with van der Waals surface area (Å²) in [6, 6.07) is 5.36. The number of nitrogens with one attached hydrogen (secondary N) is 1. The molecule has 0 aliphatic carbocycles. The molecule has 0 saturated heterocycles. The summed E-state index contributed by atoms with van der Waals surface area (Å²) in [5.41, 5.74) is 7.12. The van der Waals surface area contributed by atoms with E-state index in [0.717, 1.165) is 10.6 Å². The lowest BCUT2D eigenvalue weighted by atomic mass is 10.3. The van der Waals surface area contributed by atoms with E-state index in [1.54, 1.807) is 19.1 Å². The topological polar surface area (TPSA) is 72.2 Å². The van der Waals surface area contributed by atoms with Crippen molar-refractivity contribution >= 4 is 33.0 Å². The lowest BCUT2D eigenvalue weighted by molar-refractivity contribution is 0.597. The lowest BCUT2D eigenvalue weighted by Crippen LogP contribution is -2.24. The summed E-state index contributed by atoms with van der Waals surface area (Å²) in [5.74, 6) is 0.140. The largest absolute Gasteiger partial charge is 0.399 e. The van der Waals surface area contributed by atoms with E-state index in [4.69, 9.17) is 5.73 Å². The van der Waals surface area contributed by atoms with E-state index in [1.807, 2.05) is 6.07 Å². The Morgan fingerprint density at radius 2 is 2.27 bits per heavy atom. The number of anilines is 2. The monoisotopic (exact) mass is 244 g/mol. The van der Waals surface area contributed by atoms with Crippen LogP contribution in [0.4, 0.5) is 11.4 Å². The van der Waals surface area contributed by atoms with E-state index in [1.165, 1.54) is 11.8 Å². The summed E-state index contributed by atoms with van der Waals surface area (Å²) in [6.45, 7) is 1.65. The molecule has 6 heteroatoms. The number of hydrogen-bond acceptors (Lipinski definition) is 5. The minimum absolute atomic E-state index is 0.140. The minimum Gasteiger partial charge on any atom is -0.399 e. The van der Waals surface area contributed by atoms with Crippen molar-refractivity contribution in [3.63, 3.8) is 0 Å². The first kappa shape index (κ1) is 10.6. The Morgan fingerprint density at radius 1 is 1.53 bits per heavy atom. The maximum Gasteiger partial charge on any atom is 0.181 e. The Labute approximate surface area is 93.2 Å². The second-order valence-corrected chi connectivity index (χ2v) is 7.12. The van der Waals surface area contributed by atoms with Crippen molar-refractivity contribution in [2.75, 3.05) is 16.8 Å². The number of rotatable bonds is 2. The second-order valence-electron chi connectivity index (χ2n) is 3.30. The molecule has 0 saturated carbocycles.